The lowest BCUT2D eigenvalue weighted by molar-refractivity contribution is -0.141. The highest BCUT2D eigenvalue weighted by atomic mass is 127. The molecule has 0 aromatic heterocycles. The summed E-state index contributed by atoms with van der Waals surface area (Å²) in [6.45, 7) is 5.81. The highest BCUT2D eigenvalue weighted by molar-refractivity contribution is 14.1. The predicted octanol–water partition coefficient (Wildman–Crippen LogP) is 2.57. The standard InChI is InChI=1S/C9H15IO2/c1-7(2)8(4-5-10)6-9(11)12-3/h8H,1,4-6H2,2-3H3/t8-/m0/s1. The normalized spacial score (nSPS) is 12.2. The summed E-state index contributed by atoms with van der Waals surface area (Å²) in [5.74, 6) is 0.141. The van der Waals surface area contributed by atoms with Crippen molar-refractivity contribution in [2.24, 2.45) is 5.92 Å². The number of carbonyl (C=O) groups excluding carboxylic acids is 1. The summed E-state index contributed by atoms with van der Waals surface area (Å²) in [6, 6.07) is 0. The van der Waals surface area contributed by atoms with Gasteiger partial charge in [-0.1, -0.05) is 34.7 Å². The van der Waals surface area contributed by atoms with Crippen molar-refractivity contribution in [1.82, 2.24) is 0 Å². The number of carbonyl (C=O) groups is 1. The van der Waals surface area contributed by atoms with Crippen molar-refractivity contribution >= 4 is 28.6 Å². The molecule has 0 radical (unpaired) electrons. The van der Waals surface area contributed by atoms with E-state index in [4.69, 9.17) is 0 Å². The maximum absolute atomic E-state index is 10.9. The van der Waals surface area contributed by atoms with E-state index in [2.05, 4.69) is 33.9 Å². The highest BCUT2D eigenvalue weighted by Crippen LogP contribution is 2.18. The molecule has 0 fully saturated rings. The van der Waals surface area contributed by atoms with Crippen molar-refractivity contribution in [2.75, 3.05) is 11.5 Å². The lowest BCUT2D eigenvalue weighted by atomic mass is 9.95. The van der Waals surface area contributed by atoms with Crippen LogP contribution in [0.2, 0.25) is 0 Å². The minimum absolute atomic E-state index is 0.146. The molecule has 0 spiro atoms. The molecule has 3 heteroatoms. The molecular formula is C9H15IO2. The number of allylic oxidation sites excluding steroid dienone is 1. The third kappa shape index (κ3) is 4.74. The lowest BCUT2D eigenvalue weighted by Gasteiger charge is -2.13. The molecule has 0 N–H and O–H groups in total. The first-order valence-electron chi connectivity index (χ1n) is 3.90. The van der Waals surface area contributed by atoms with Gasteiger partial charge in [-0.15, -0.1) is 0 Å². The summed E-state index contributed by atoms with van der Waals surface area (Å²) < 4.78 is 5.64. The van der Waals surface area contributed by atoms with E-state index >= 15 is 0 Å². The molecule has 0 aromatic carbocycles. The van der Waals surface area contributed by atoms with Gasteiger partial charge >= 0.3 is 5.97 Å². The van der Waals surface area contributed by atoms with E-state index in [0.29, 0.717) is 6.42 Å². The van der Waals surface area contributed by atoms with E-state index in [-0.39, 0.29) is 11.9 Å². The second kappa shape index (κ2) is 6.46. The first kappa shape index (κ1) is 11.9. The Bertz CT molecular complexity index is 164. The molecule has 0 aromatic rings. The number of methoxy groups -OCH3 is 1. The van der Waals surface area contributed by atoms with Gasteiger partial charge in [-0.05, 0) is 19.3 Å². The van der Waals surface area contributed by atoms with E-state index in [1.165, 1.54) is 7.11 Å². The zero-order valence-electron chi connectivity index (χ0n) is 7.60. The highest BCUT2D eigenvalue weighted by Gasteiger charge is 2.13. The van der Waals surface area contributed by atoms with Gasteiger partial charge in [-0.25, -0.2) is 0 Å². The van der Waals surface area contributed by atoms with Crippen LogP contribution in [0.5, 0.6) is 0 Å². The van der Waals surface area contributed by atoms with Crippen LogP contribution in [0.4, 0.5) is 0 Å². The molecule has 0 unspecified atom stereocenters. The molecule has 0 saturated carbocycles. The second-order valence-corrected chi connectivity index (χ2v) is 3.88. The first-order chi connectivity index (χ1) is 5.61. The molecule has 12 heavy (non-hydrogen) atoms. The Labute approximate surface area is 87.5 Å². The van der Waals surface area contributed by atoms with Crippen LogP contribution < -0.4 is 0 Å². The van der Waals surface area contributed by atoms with Gasteiger partial charge in [0.25, 0.3) is 0 Å². The molecule has 0 rings (SSSR count). The number of hydrogen-bond donors (Lipinski definition) is 0. The largest absolute Gasteiger partial charge is 0.469 e. The quantitative estimate of drug-likeness (QED) is 0.335. The average molecular weight is 282 g/mol. The average Bonchev–Trinajstić information content (AvgIpc) is 2.03. The van der Waals surface area contributed by atoms with Crippen molar-refractivity contribution in [3.05, 3.63) is 12.2 Å². The van der Waals surface area contributed by atoms with Gasteiger partial charge in [0.2, 0.25) is 0 Å². The van der Waals surface area contributed by atoms with Crippen LogP contribution in [0, 0.1) is 5.92 Å². The Kier molecular flexibility index (Phi) is 6.42. The molecule has 70 valence electrons. The monoisotopic (exact) mass is 282 g/mol. The number of alkyl halides is 1. The van der Waals surface area contributed by atoms with Crippen LogP contribution in [-0.2, 0) is 9.53 Å². The third-order valence-electron chi connectivity index (χ3n) is 1.80. The predicted molar refractivity (Wildman–Crippen MR) is 58.4 cm³/mol. The van der Waals surface area contributed by atoms with E-state index in [1.807, 2.05) is 6.92 Å². The van der Waals surface area contributed by atoms with Crippen molar-refractivity contribution < 1.29 is 9.53 Å². The molecule has 0 amide bonds. The van der Waals surface area contributed by atoms with Crippen molar-refractivity contribution in [3.63, 3.8) is 0 Å². The third-order valence-corrected chi connectivity index (χ3v) is 2.42. The molecule has 0 heterocycles. The topological polar surface area (TPSA) is 26.3 Å². The summed E-state index contributed by atoms with van der Waals surface area (Å²) in [4.78, 5) is 10.9. The van der Waals surface area contributed by atoms with Gasteiger partial charge in [0.05, 0.1) is 13.5 Å². The van der Waals surface area contributed by atoms with Gasteiger partial charge in [-0.2, -0.15) is 0 Å². The fourth-order valence-corrected chi connectivity index (χ4v) is 1.69. The maximum atomic E-state index is 10.9. The number of rotatable bonds is 5. The Hall–Kier alpha value is -0.0600. The SMILES string of the molecule is C=C(C)[C@@H](CCI)CC(=O)OC. The molecule has 0 aliphatic rings. The van der Waals surface area contributed by atoms with Gasteiger partial charge in [0, 0.05) is 4.43 Å². The summed E-state index contributed by atoms with van der Waals surface area (Å²) >= 11 is 2.30. The summed E-state index contributed by atoms with van der Waals surface area (Å²) in [5.41, 5.74) is 1.07. The Morgan fingerprint density at radius 1 is 1.67 bits per heavy atom. The van der Waals surface area contributed by atoms with Crippen LogP contribution in [0.3, 0.4) is 0 Å². The molecular weight excluding hydrogens is 267 g/mol. The molecule has 1 atom stereocenters. The van der Waals surface area contributed by atoms with Gasteiger partial charge in [-0.3, -0.25) is 4.79 Å². The Balaban J connectivity index is 3.95. The molecule has 0 aliphatic heterocycles. The lowest BCUT2D eigenvalue weighted by Crippen LogP contribution is -2.11. The maximum Gasteiger partial charge on any atom is 0.306 e. The number of ether oxygens (including phenoxy) is 1. The van der Waals surface area contributed by atoms with Crippen LogP contribution >= 0.6 is 22.6 Å². The molecule has 2 nitrogen and oxygen atoms in total. The van der Waals surface area contributed by atoms with Gasteiger partial charge in [0.1, 0.15) is 0 Å². The Morgan fingerprint density at radius 2 is 2.25 bits per heavy atom. The molecule has 0 saturated heterocycles. The zero-order chi connectivity index (χ0) is 9.56. The number of hydrogen-bond acceptors (Lipinski definition) is 2. The van der Waals surface area contributed by atoms with Crippen LogP contribution in [-0.4, -0.2) is 17.5 Å². The summed E-state index contributed by atoms with van der Waals surface area (Å²) in [7, 11) is 1.42. The molecule has 0 bridgehead atoms. The smallest absolute Gasteiger partial charge is 0.306 e. The minimum Gasteiger partial charge on any atom is -0.469 e. The van der Waals surface area contributed by atoms with Gasteiger partial charge < -0.3 is 4.74 Å². The van der Waals surface area contributed by atoms with E-state index in [9.17, 15) is 4.79 Å². The minimum atomic E-state index is -0.146. The Morgan fingerprint density at radius 3 is 2.58 bits per heavy atom. The fourth-order valence-electron chi connectivity index (χ4n) is 0.939. The van der Waals surface area contributed by atoms with Crippen LogP contribution in [0.15, 0.2) is 12.2 Å². The van der Waals surface area contributed by atoms with Crippen molar-refractivity contribution in [1.29, 1.82) is 0 Å². The number of halogens is 1. The van der Waals surface area contributed by atoms with Crippen molar-refractivity contribution in [3.8, 4) is 0 Å². The van der Waals surface area contributed by atoms with E-state index in [1.54, 1.807) is 0 Å². The van der Waals surface area contributed by atoms with Crippen LogP contribution in [0.25, 0.3) is 0 Å². The zero-order valence-corrected chi connectivity index (χ0v) is 9.76. The summed E-state index contributed by atoms with van der Waals surface area (Å²) in [6.07, 6.45) is 1.47. The fraction of sp³-hybridized carbons (Fsp3) is 0.667. The van der Waals surface area contributed by atoms with Crippen LogP contribution in [0.1, 0.15) is 19.8 Å². The molecule has 0 aliphatic carbocycles. The first-order valence-corrected chi connectivity index (χ1v) is 5.42. The van der Waals surface area contributed by atoms with Crippen molar-refractivity contribution in [2.45, 2.75) is 19.8 Å². The van der Waals surface area contributed by atoms with E-state index in [0.717, 1.165) is 16.4 Å². The van der Waals surface area contributed by atoms with E-state index < -0.39 is 0 Å². The summed E-state index contributed by atoms with van der Waals surface area (Å²) in [5, 5.41) is 0. The van der Waals surface area contributed by atoms with Gasteiger partial charge in [0.15, 0.2) is 0 Å². The second-order valence-electron chi connectivity index (χ2n) is 2.80. The number of esters is 1.